The van der Waals surface area contributed by atoms with Gasteiger partial charge < -0.3 is 19.3 Å². The van der Waals surface area contributed by atoms with Gasteiger partial charge in [-0.3, -0.25) is 4.79 Å². The molecular weight excluding hydrogens is 448 g/mol. The summed E-state index contributed by atoms with van der Waals surface area (Å²) in [7, 11) is 1.64. The molecule has 0 spiro atoms. The van der Waals surface area contributed by atoms with E-state index in [1.54, 1.807) is 7.11 Å². The topological polar surface area (TPSA) is 42.0 Å². The maximum Gasteiger partial charge on any atom is 0.253 e. The Labute approximate surface area is 206 Å². The number of benzene rings is 3. The first-order valence-electron chi connectivity index (χ1n) is 11.6. The number of rotatable bonds is 7. The summed E-state index contributed by atoms with van der Waals surface area (Å²) in [5.74, 6) is 1.95. The summed E-state index contributed by atoms with van der Waals surface area (Å²) < 4.78 is 11.7. The van der Waals surface area contributed by atoms with Crippen molar-refractivity contribution in [3.8, 4) is 11.5 Å². The molecule has 6 heteroatoms. The van der Waals surface area contributed by atoms with Gasteiger partial charge in [0.15, 0.2) is 0 Å². The van der Waals surface area contributed by atoms with Gasteiger partial charge in [0.25, 0.3) is 5.91 Å². The van der Waals surface area contributed by atoms with E-state index in [9.17, 15) is 4.79 Å². The van der Waals surface area contributed by atoms with E-state index >= 15 is 0 Å². The highest BCUT2D eigenvalue weighted by Crippen LogP contribution is 2.29. The monoisotopic (exact) mass is 478 g/mol. The smallest absolute Gasteiger partial charge is 0.253 e. The average Bonchev–Trinajstić information content (AvgIpc) is 2.87. The average molecular weight is 479 g/mol. The molecule has 0 saturated carbocycles. The van der Waals surface area contributed by atoms with Crippen LogP contribution in [0.1, 0.15) is 41.3 Å². The number of hydrogen-bond donors (Lipinski definition) is 0. The zero-order valence-electron chi connectivity index (χ0n) is 20.0. The molecule has 5 nitrogen and oxygen atoms in total. The van der Waals surface area contributed by atoms with Crippen LogP contribution >= 0.6 is 11.6 Å². The van der Waals surface area contributed by atoms with Crippen molar-refractivity contribution in [1.29, 1.82) is 0 Å². The highest BCUT2D eigenvalue weighted by Gasteiger charge is 2.23. The minimum absolute atomic E-state index is 0.0252. The molecule has 1 heterocycles. The highest BCUT2D eigenvalue weighted by atomic mass is 35.5. The molecule has 0 atom stereocenters. The largest absolute Gasteiger partial charge is 0.496 e. The van der Waals surface area contributed by atoms with Gasteiger partial charge in [-0.2, -0.15) is 0 Å². The summed E-state index contributed by atoms with van der Waals surface area (Å²) in [5.41, 5.74) is 3.74. The molecule has 0 N–H and O–H groups in total. The minimum atomic E-state index is 0.0252. The standard InChI is InChI=1S/C28H31ClN2O3/c1-20(2)25-9-4-5-10-27(25)34-19-22-17-21(11-12-26(22)33-3)28(32)31-15-13-30(14-16-31)24-8-6-7-23(29)18-24/h4-12,17-18,20H,13-16,19H2,1-3H3. The van der Waals surface area contributed by atoms with Gasteiger partial charge in [-0.15, -0.1) is 0 Å². The fraction of sp³-hybridized carbons (Fsp3) is 0.321. The summed E-state index contributed by atoms with van der Waals surface area (Å²) in [6.45, 7) is 7.48. The van der Waals surface area contributed by atoms with Crippen molar-refractivity contribution in [1.82, 2.24) is 4.90 Å². The number of hydrogen-bond acceptors (Lipinski definition) is 4. The molecule has 1 saturated heterocycles. The Bertz CT molecular complexity index is 1140. The van der Waals surface area contributed by atoms with Crippen molar-refractivity contribution in [3.63, 3.8) is 0 Å². The quantitative estimate of drug-likeness (QED) is 0.417. The molecule has 1 fully saturated rings. The van der Waals surface area contributed by atoms with Crippen molar-refractivity contribution >= 4 is 23.2 Å². The van der Waals surface area contributed by atoms with Gasteiger partial charge in [0.05, 0.1) is 7.11 Å². The van der Waals surface area contributed by atoms with Crippen molar-refractivity contribution < 1.29 is 14.3 Å². The summed E-state index contributed by atoms with van der Waals surface area (Å²) >= 11 is 6.14. The molecule has 3 aromatic rings. The van der Waals surface area contributed by atoms with E-state index in [2.05, 4.69) is 30.9 Å². The summed E-state index contributed by atoms with van der Waals surface area (Å²) in [4.78, 5) is 17.4. The van der Waals surface area contributed by atoms with E-state index in [1.165, 1.54) is 0 Å². The maximum absolute atomic E-state index is 13.3. The first kappa shape index (κ1) is 24.0. The molecule has 0 bridgehead atoms. The van der Waals surface area contributed by atoms with E-state index < -0.39 is 0 Å². The fourth-order valence-corrected chi connectivity index (χ4v) is 4.48. The molecule has 0 unspecified atom stereocenters. The van der Waals surface area contributed by atoms with Crippen LogP contribution in [0.4, 0.5) is 5.69 Å². The number of nitrogens with zero attached hydrogens (tertiary/aromatic N) is 2. The number of anilines is 1. The summed E-state index contributed by atoms with van der Waals surface area (Å²) in [5, 5.41) is 0.722. The molecule has 1 amide bonds. The van der Waals surface area contributed by atoms with Gasteiger partial charge in [-0.1, -0.05) is 49.7 Å². The van der Waals surface area contributed by atoms with Gasteiger partial charge in [0.2, 0.25) is 0 Å². The van der Waals surface area contributed by atoms with Crippen LogP contribution in [0.3, 0.4) is 0 Å². The zero-order valence-corrected chi connectivity index (χ0v) is 20.7. The van der Waals surface area contributed by atoms with Gasteiger partial charge in [-0.25, -0.2) is 0 Å². The number of methoxy groups -OCH3 is 1. The van der Waals surface area contributed by atoms with Crippen LogP contribution in [-0.4, -0.2) is 44.1 Å². The van der Waals surface area contributed by atoms with Gasteiger partial charge in [0, 0.05) is 48.0 Å². The van der Waals surface area contributed by atoms with Crippen LogP contribution in [-0.2, 0) is 6.61 Å². The molecule has 1 aliphatic heterocycles. The molecule has 4 rings (SSSR count). The SMILES string of the molecule is COc1ccc(C(=O)N2CCN(c3cccc(Cl)c3)CC2)cc1COc1ccccc1C(C)C. The Morgan fingerprint density at radius 1 is 0.941 bits per heavy atom. The molecule has 0 aliphatic carbocycles. The Morgan fingerprint density at radius 3 is 2.41 bits per heavy atom. The van der Waals surface area contributed by atoms with Crippen LogP contribution in [0.25, 0.3) is 0 Å². The maximum atomic E-state index is 13.3. The lowest BCUT2D eigenvalue weighted by Crippen LogP contribution is -2.48. The predicted molar refractivity (Wildman–Crippen MR) is 137 cm³/mol. The number of piperazine rings is 1. The van der Waals surface area contributed by atoms with Crippen molar-refractivity contribution in [2.75, 3.05) is 38.2 Å². The molecule has 1 aliphatic rings. The number of carbonyl (C=O) groups excluding carboxylic acids is 1. The van der Waals surface area contributed by atoms with E-state index in [4.69, 9.17) is 21.1 Å². The molecule has 3 aromatic carbocycles. The summed E-state index contributed by atoms with van der Waals surface area (Å²) in [6.07, 6.45) is 0. The molecule has 0 radical (unpaired) electrons. The zero-order chi connectivity index (χ0) is 24.1. The van der Waals surface area contributed by atoms with Crippen LogP contribution in [0.5, 0.6) is 11.5 Å². The third-order valence-corrected chi connectivity index (χ3v) is 6.43. The fourth-order valence-electron chi connectivity index (χ4n) is 4.29. The molecular formula is C28H31ClN2O3. The van der Waals surface area contributed by atoms with E-state index in [1.807, 2.05) is 59.5 Å². The minimum Gasteiger partial charge on any atom is -0.496 e. The molecule has 34 heavy (non-hydrogen) atoms. The lowest BCUT2D eigenvalue weighted by Gasteiger charge is -2.36. The Hall–Kier alpha value is -3.18. The number of halogens is 1. The Morgan fingerprint density at radius 2 is 1.71 bits per heavy atom. The van der Waals surface area contributed by atoms with Crippen molar-refractivity contribution in [3.05, 3.63) is 88.4 Å². The van der Waals surface area contributed by atoms with Crippen molar-refractivity contribution in [2.24, 2.45) is 0 Å². The van der Waals surface area contributed by atoms with E-state index in [-0.39, 0.29) is 5.91 Å². The van der Waals surface area contributed by atoms with Gasteiger partial charge in [0.1, 0.15) is 18.1 Å². The van der Waals surface area contributed by atoms with Crippen LogP contribution in [0, 0.1) is 0 Å². The van der Waals surface area contributed by atoms with E-state index in [0.717, 1.165) is 40.7 Å². The normalized spacial score (nSPS) is 13.8. The second-order valence-electron chi connectivity index (χ2n) is 8.77. The van der Waals surface area contributed by atoms with Crippen LogP contribution in [0.15, 0.2) is 66.7 Å². The first-order chi connectivity index (χ1) is 16.5. The second kappa shape index (κ2) is 10.8. The first-order valence-corrected chi connectivity index (χ1v) is 12.0. The number of amides is 1. The van der Waals surface area contributed by atoms with Gasteiger partial charge in [-0.05, 0) is 53.9 Å². The Kier molecular flexibility index (Phi) is 7.63. The van der Waals surface area contributed by atoms with Crippen LogP contribution in [0.2, 0.25) is 5.02 Å². The van der Waals surface area contributed by atoms with E-state index in [0.29, 0.717) is 36.9 Å². The number of ether oxygens (including phenoxy) is 2. The third kappa shape index (κ3) is 5.48. The molecule has 178 valence electrons. The number of carbonyl (C=O) groups is 1. The van der Waals surface area contributed by atoms with Crippen molar-refractivity contribution in [2.45, 2.75) is 26.4 Å². The summed E-state index contributed by atoms with van der Waals surface area (Å²) in [6, 6.07) is 21.5. The highest BCUT2D eigenvalue weighted by molar-refractivity contribution is 6.30. The second-order valence-corrected chi connectivity index (χ2v) is 9.20. The molecule has 0 aromatic heterocycles. The number of para-hydroxylation sites is 1. The van der Waals surface area contributed by atoms with Crippen LogP contribution < -0.4 is 14.4 Å². The van der Waals surface area contributed by atoms with Gasteiger partial charge >= 0.3 is 0 Å². The predicted octanol–water partition coefficient (Wildman–Crippen LogP) is 6.01. The Balaban J connectivity index is 1.44. The lowest BCUT2D eigenvalue weighted by molar-refractivity contribution is 0.0746. The lowest BCUT2D eigenvalue weighted by atomic mass is 10.0. The third-order valence-electron chi connectivity index (χ3n) is 6.19.